The summed E-state index contributed by atoms with van der Waals surface area (Å²) in [5.74, 6) is 0.349. The van der Waals surface area contributed by atoms with Crippen molar-refractivity contribution in [2.75, 3.05) is 19.0 Å². The highest BCUT2D eigenvalue weighted by Gasteiger charge is 2.41. The lowest BCUT2D eigenvalue weighted by atomic mass is 9.78. The van der Waals surface area contributed by atoms with Crippen LogP contribution in [0.2, 0.25) is 0 Å². The van der Waals surface area contributed by atoms with Crippen LogP contribution in [-0.2, 0) is 14.3 Å². The van der Waals surface area contributed by atoms with Gasteiger partial charge in [-0.05, 0) is 49.4 Å². The maximum absolute atomic E-state index is 12.6. The highest BCUT2D eigenvalue weighted by Crippen LogP contribution is 2.35. The molecular weight excluding hydrogens is 296 g/mol. The van der Waals surface area contributed by atoms with Gasteiger partial charge in [0.05, 0.1) is 0 Å². The summed E-state index contributed by atoms with van der Waals surface area (Å²) in [4.78, 5) is 23.3. The fraction of sp³-hybridized carbons (Fsp3) is 0.529. The summed E-state index contributed by atoms with van der Waals surface area (Å²) in [7, 11) is 1.60. The molecule has 0 spiro atoms. The minimum absolute atomic E-state index is 0.114. The molecule has 1 aliphatic carbocycles. The number of benzene rings is 1. The van der Waals surface area contributed by atoms with Crippen molar-refractivity contribution in [1.82, 2.24) is 0 Å². The second-order valence-electron chi connectivity index (χ2n) is 6.13. The van der Waals surface area contributed by atoms with Gasteiger partial charge in [-0.2, -0.15) is 0 Å². The van der Waals surface area contributed by atoms with Gasteiger partial charge in [-0.1, -0.05) is 13.3 Å². The molecule has 1 fully saturated rings. The highest BCUT2D eigenvalue weighted by molar-refractivity contribution is 5.97. The number of primary amides is 1. The van der Waals surface area contributed by atoms with Gasteiger partial charge in [0.25, 0.3) is 11.8 Å². The van der Waals surface area contributed by atoms with E-state index in [0.717, 1.165) is 25.7 Å². The topological polar surface area (TPSA) is 90.7 Å². The number of methoxy groups -OCH3 is 1. The van der Waals surface area contributed by atoms with Crippen LogP contribution in [0.15, 0.2) is 24.3 Å². The number of anilines is 1. The molecule has 23 heavy (non-hydrogen) atoms. The normalized spacial score (nSPS) is 24.0. The Bertz CT molecular complexity index is 558. The van der Waals surface area contributed by atoms with Crippen molar-refractivity contribution < 1.29 is 19.1 Å². The van der Waals surface area contributed by atoms with Crippen molar-refractivity contribution in [3.8, 4) is 5.75 Å². The Hall–Kier alpha value is -2.08. The third-order valence-electron chi connectivity index (χ3n) is 4.25. The molecule has 2 amide bonds. The fourth-order valence-electron chi connectivity index (χ4n) is 3.02. The van der Waals surface area contributed by atoms with Crippen LogP contribution in [0, 0.1) is 5.92 Å². The molecule has 0 heterocycles. The molecule has 1 aliphatic rings. The quantitative estimate of drug-likeness (QED) is 0.839. The molecule has 0 saturated heterocycles. The molecule has 6 heteroatoms. The molecule has 1 saturated carbocycles. The number of carbonyl (C=O) groups excluding carboxylic acids is 2. The first-order chi connectivity index (χ1) is 10.9. The first-order valence-corrected chi connectivity index (χ1v) is 7.83. The molecule has 1 aromatic rings. The third-order valence-corrected chi connectivity index (χ3v) is 4.25. The molecule has 6 nitrogen and oxygen atoms in total. The smallest absolute Gasteiger partial charge is 0.256 e. The molecule has 126 valence electrons. The zero-order valence-corrected chi connectivity index (χ0v) is 13.6. The van der Waals surface area contributed by atoms with Crippen LogP contribution < -0.4 is 15.8 Å². The highest BCUT2D eigenvalue weighted by atomic mass is 16.5. The molecule has 0 bridgehead atoms. The summed E-state index contributed by atoms with van der Waals surface area (Å²) in [6, 6.07) is 6.82. The number of rotatable bonds is 6. The SMILES string of the molecule is CO[C@]1(C(=O)Nc2ccc(OCC(N)=O)cc2)CCC[C@@H](C)C1. The second kappa shape index (κ2) is 7.46. The van der Waals surface area contributed by atoms with Gasteiger partial charge in [-0.3, -0.25) is 9.59 Å². The number of nitrogens with two attached hydrogens (primary N) is 1. The fourth-order valence-corrected chi connectivity index (χ4v) is 3.02. The predicted octanol–water partition coefficient (Wildman–Crippen LogP) is 2.08. The van der Waals surface area contributed by atoms with Gasteiger partial charge in [-0.25, -0.2) is 0 Å². The van der Waals surface area contributed by atoms with Gasteiger partial charge in [0.2, 0.25) is 0 Å². The number of nitrogens with one attached hydrogen (secondary N) is 1. The van der Waals surface area contributed by atoms with Crippen molar-refractivity contribution in [2.24, 2.45) is 11.7 Å². The summed E-state index contributed by atoms with van der Waals surface area (Å²) >= 11 is 0. The van der Waals surface area contributed by atoms with Gasteiger partial charge in [0.15, 0.2) is 6.61 Å². The monoisotopic (exact) mass is 320 g/mol. The zero-order chi connectivity index (χ0) is 16.9. The van der Waals surface area contributed by atoms with Crippen molar-refractivity contribution in [3.05, 3.63) is 24.3 Å². The average Bonchev–Trinajstić information content (AvgIpc) is 2.54. The first-order valence-electron chi connectivity index (χ1n) is 7.83. The van der Waals surface area contributed by atoms with E-state index in [-0.39, 0.29) is 12.5 Å². The van der Waals surface area contributed by atoms with E-state index in [1.165, 1.54) is 0 Å². The summed E-state index contributed by atoms with van der Waals surface area (Å²) in [6.45, 7) is 1.97. The number of ether oxygens (including phenoxy) is 2. The first kappa shape index (κ1) is 17.3. The Morgan fingerprint density at radius 3 is 2.61 bits per heavy atom. The van der Waals surface area contributed by atoms with E-state index in [1.807, 2.05) is 0 Å². The third kappa shape index (κ3) is 4.45. The Balaban J connectivity index is 2.00. The predicted molar refractivity (Wildman–Crippen MR) is 87.1 cm³/mol. The van der Waals surface area contributed by atoms with E-state index in [9.17, 15) is 9.59 Å². The van der Waals surface area contributed by atoms with Crippen LogP contribution >= 0.6 is 0 Å². The number of carbonyl (C=O) groups is 2. The lowest BCUT2D eigenvalue weighted by Crippen LogP contribution is -2.47. The second-order valence-corrected chi connectivity index (χ2v) is 6.13. The average molecular weight is 320 g/mol. The van der Waals surface area contributed by atoms with Crippen LogP contribution in [0.25, 0.3) is 0 Å². The van der Waals surface area contributed by atoms with Gasteiger partial charge < -0.3 is 20.5 Å². The van der Waals surface area contributed by atoms with E-state index in [2.05, 4.69) is 12.2 Å². The largest absolute Gasteiger partial charge is 0.484 e. The molecule has 2 rings (SSSR count). The molecule has 2 atom stereocenters. The maximum atomic E-state index is 12.6. The van der Waals surface area contributed by atoms with Crippen molar-refractivity contribution in [3.63, 3.8) is 0 Å². The van der Waals surface area contributed by atoms with Crippen molar-refractivity contribution >= 4 is 17.5 Å². The Kier molecular flexibility index (Phi) is 5.60. The summed E-state index contributed by atoms with van der Waals surface area (Å²) < 4.78 is 10.8. The van der Waals surface area contributed by atoms with Gasteiger partial charge in [-0.15, -0.1) is 0 Å². The summed E-state index contributed by atoms with van der Waals surface area (Å²) in [6.07, 6.45) is 3.58. The standard InChI is InChI=1S/C17H24N2O4/c1-12-4-3-9-17(10-12,22-2)16(21)19-13-5-7-14(8-6-13)23-11-15(18)20/h5-8,12H,3-4,9-11H2,1-2H3,(H2,18,20)(H,19,21)/t12-,17-/m1/s1. The van der Waals surface area contributed by atoms with Crippen LogP contribution in [0.3, 0.4) is 0 Å². The molecule has 0 aliphatic heterocycles. The lowest BCUT2D eigenvalue weighted by molar-refractivity contribution is -0.143. The number of amides is 2. The van der Waals surface area contributed by atoms with E-state index in [1.54, 1.807) is 31.4 Å². The van der Waals surface area contributed by atoms with Gasteiger partial charge in [0.1, 0.15) is 11.4 Å². The van der Waals surface area contributed by atoms with Crippen LogP contribution in [0.1, 0.15) is 32.6 Å². The van der Waals surface area contributed by atoms with E-state index in [4.69, 9.17) is 15.2 Å². The van der Waals surface area contributed by atoms with Crippen molar-refractivity contribution in [2.45, 2.75) is 38.2 Å². The molecule has 0 aromatic heterocycles. The summed E-state index contributed by atoms with van der Waals surface area (Å²) in [5, 5.41) is 2.90. The van der Waals surface area contributed by atoms with Gasteiger partial charge in [0, 0.05) is 12.8 Å². The van der Waals surface area contributed by atoms with E-state index >= 15 is 0 Å². The molecule has 0 radical (unpaired) electrons. The van der Waals surface area contributed by atoms with Gasteiger partial charge >= 0.3 is 0 Å². The lowest BCUT2D eigenvalue weighted by Gasteiger charge is -2.37. The molecule has 0 unspecified atom stereocenters. The Labute approximate surface area is 136 Å². The van der Waals surface area contributed by atoms with E-state index in [0.29, 0.717) is 17.4 Å². The minimum atomic E-state index is -0.751. The van der Waals surface area contributed by atoms with Crippen molar-refractivity contribution in [1.29, 1.82) is 0 Å². The van der Waals surface area contributed by atoms with Crippen LogP contribution in [-0.4, -0.2) is 31.1 Å². The Morgan fingerprint density at radius 2 is 2.04 bits per heavy atom. The molecule has 3 N–H and O–H groups in total. The van der Waals surface area contributed by atoms with Crippen LogP contribution in [0.4, 0.5) is 5.69 Å². The zero-order valence-electron chi connectivity index (χ0n) is 13.6. The molecular formula is C17H24N2O4. The summed E-state index contributed by atoms with van der Waals surface area (Å²) in [5.41, 5.74) is 4.94. The number of hydrogen-bond donors (Lipinski definition) is 2. The number of hydrogen-bond acceptors (Lipinski definition) is 4. The van der Waals surface area contributed by atoms with E-state index < -0.39 is 11.5 Å². The van der Waals surface area contributed by atoms with Crippen LogP contribution in [0.5, 0.6) is 5.75 Å². The maximum Gasteiger partial charge on any atom is 0.256 e. The molecule has 1 aromatic carbocycles. The Morgan fingerprint density at radius 1 is 1.35 bits per heavy atom. The minimum Gasteiger partial charge on any atom is -0.484 e.